The number of aryl methyl sites for hydroxylation is 2. The van der Waals surface area contributed by atoms with Crippen LogP contribution in [0.5, 0.6) is 5.75 Å². The number of carbonyl (C=O) groups excluding carboxylic acids is 1. The molecule has 0 unspecified atom stereocenters. The minimum atomic E-state index is -0.483. The van der Waals surface area contributed by atoms with E-state index in [1.807, 2.05) is 12.1 Å². The monoisotopic (exact) mass is 580 g/mol. The molecule has 0 atom stereocenters. The van der Waals surface area contributed by atoms with Crippen LogP contribution in [0.15, 0.2) is 66.7 Å². The van der Waals surface area contributed by atoms with Crippen molar-refractivity contribution in [3.63, 3.8) is 0 Å². The molecule has 3 rings (SSSR count). The summed E-state index contributed by atoms with van der Waals surface area (Å²) in [4.78, 5) is 12.5. The van der Waals surface area contributed by atoms with Gasteiger partial charge in [-0.25, -0.2) is 9.18 Å². The van der Waals surface area contributed by atoms with Crippen LogP contribution in [0.2, 0.25) is 0 Å². The van der Waals surface area contributed by atoms with Gasteiger partial charge in [0.25, 0.3) is 0 Å². The average Bonchev–Trinajstić information content (AvgIpc) is 3.00. The van der Waals surface area contributed by atoms with E-state index in [1.54, 1.807) is 24.3 Å². The third-order valence-electron chi connectivity index (χ3n) is 7.36. The number of aliphatic hydroxyl groups is 1. The standard InChI is InChI=1S/C31H37FO2.C6H14O.H2O/c1-3-5-6-7-8-9-10-11-12-27-21-22-29(23-30(27)32)34-31(33)28-19-17-26(18-20-28)25-15-13-24(4-2)14-16-25;1-2-3-4-5-6-7;/h13-23H,3-12H2,1-2H3;7H,2-6H2,1H3;1H2. The zero-order valence-electron chi connectivity index (χ0n) is 26.1. The molecule has 3 aromatic carbocycles. The summed E-state index contributed by atoms with van der Waals surface area (Å²) in [5.41, 5.74) is 4.56. The number of halogens is 1. The summed E-state index contributed by atoms with van der Waals surface area (Å²) in [7, 11) is 0. The first-order chi connectivity index (χ1) is 20.0. The Labute approximate surface area is 253 Å². The molecule has 0 radical (unpaired) electrons. The Morgan fingerprint density at radius 3 is 1.74 bits per heavy atom. The molecule has 0 aliphatic rings. The van der Waals surface area contributed by atoms with Crippen molar-refractivity contribution >= 4 is 5.97 Å². The van der Waals surface area contributed by atoms with Crippen LogP contribution in [0.25, 0.3) is 11.1 Å². The highest BCUT2D eigenvalue weighted by atomic mass is 19.1. The number of rotatable bonds is 17. The number of hydrogen-bond donors (Lipinski definition) is 1. The van der Waals surface area contributed by atoms with Gasteiger partial charge in [0.15, 0.2) is 0 Å². The molecular formula is C37H53FO4. The van der Waals surface area contributed by atoms with Crippen molar-refractivity contribution in [1.29, 1.82) is 0 Å². The zero-order valence-corrected chi connectivity index (χ0v) is 26.1. The molecule has 0 aliphatic heterocycles. The quantitative estimate of drug-likeness (QED) is 0.0980. The van der Waals surface area contributed by atoms with Gasteiger partial charge < -0.3 is 15.3 Å². The summed E-state index contributed by atoms with van der Waals surface area (Å²) in [5, 5.41) is 8.29. The Morgan fingerprint density at radius 1 is 0.690 bits per heavy atom. The van der Waals surface area contributed by atoms with Gasteiger partial charge in [0.1, 0.15) is 11.6 Å². The molecule has 0 aromatic heterocycles. The fourth-order valence-corrected chi connectivity index (χ4v) is 4.68. The lowest BCUT2D eigenvalue weighted by Gasteiger charge is -2.09. The number of benzene rings is 3. The van der Waals surface area contributed by atoms with Crippen LogP contribution in [0.3, 0.4) is 0 Å². The molecule has 0 aliphatic carbocycles. The van der Waals surface area contributed by atoms with E-state index < -0.39 is 5.97 Å². The van der Waals surface area contributed by atoms with E-state index in [2.05, 4.69) is 45.0 Å². The van der Waals surface area contributed by atoms with Gasteiger partial charge in [-0.1, -0.05) is 127 Å². The maximum atomic E-state index is 14.5. The van der Waals surface area contributed by atoms with Crippen LogP contribution in [-0.4, -0.2) is 23.2 Å². The van der Waals surface area contributed by atoms with E-state index in [9.17, 15) is 9.18 Å². The number of unbranched alkanes of at least 4 members (excludes halogenated alkanes) is 10. The second-order valence-electron chi connectivity index (χ2n) is 10.8. The lowest BCUT2D eigenvalue weighted by Crippen LogP contribution is -2.08. The van der Waals surface area contributed by atoms with Crippen molar-refractivity contribution in [2.75, 3.05) is 6.61 Å². The normalized spacial score (nSPS) is 10.4. The second kappa shape index (κ2) is 22.6. The summed E-state index contributed by atoms with van der Waals surface area (Å²) < 4.78 is 19.9. The fourth-order valence-electron chi connectivity index (χ4n) is 4.68. The molecule has 3 N–H and O–H groups in total. The molecule has 0 fully saturated rings. The fraction of sp³-hybridized carbons (Fsp3) is 0.486. The predicted octanol–water partition coefficient (Wildman–Crippen LogP) is 9.69. The average molecular weight is 581 g/mol. The van der Waals surface area contributed by atoms with E-state index in [-0.39, 0.29) is 17.0 Å². The molecule has 0 saturated carbocycles. The number of aliphatic hydroxyl groups excluding tert-OH is 1. The minimum absolute atomic E-state index is 0. The first-order valence-corrected chi connectivity index (χ1v) is 15.8. The highest BCUT2D eigenvalue weighted by molar-refractivity contribution is 5.91. The van der Waals surface area contributed by atoms with E-state index in [1.165, 1.54) is 69.4 Å². The number of hydrogen-bond acceptors (Lipinski definition) is 3. The lowest BCUT2D eigenvalue weighted by molar-refractivity contribution is 0.0734. The lowest BCUT2D eigenvalue weighted by atomic mass is 10.0. The highest BCUT2D eigenvalue weighted by Gasteiger charge is 2.11. The SMILES string of the molecule is CCCCCCCCCCc1ccc(OC(=O)c2ccc(-c3ccc(CC)cc3)cc2)cc1F.CCCCCCO.O. The van der Waals surface area contributed by atoms with Gasteiger partial charge in [-0.2, -0.15) is 0 Å². The van der Waals surface area contributed by atoms with Crippen molar-refractivity contribution in [2.24, 2.45) is 0 Å². The van der Waals surface area contributed by atoms with Crippen molar-refractivity contribution in [1.82, 2.24) is 0 Å². The Balaban J connectivity index is 0.000000981. The molecule has 4 nitrogen and oxygen atoms in total. The Kier molecular flexibility index (Phi) is 19.9. The number of carbonyl (C=O) groups is 1. The maximum absolute atomic E-state index is 14.5. The van der Waals surface area contributed by atoms with Gasteiger partial charge in [0.2, 0.25) is 0 Å². The molecule has 0 spiro atoms. The summed E-state index contributed by atoms with van der Waals surface area (Å²) in [5.74, 6) is -0.552. The van der Waals surface area contributed by atoms with Gasteiger partial charge in [-0.05, 0) is 66.1 Å². The van der Waals surface area contributed by atoms with E-state index in [0.717, 1.165) is 43.2 Å². The third kappa shape index (κ3) is 14.2. The smallest absolute Gasteiger partial charge is 0.343 e. The molecule has 0 heterocycles. The van der Waals surface area contributed by atoms with Crippen molar-refractivity contribution in [3.8, 4) is 16.9 Å². The molecule has 5 heteroatoms. The second-order valence-corrected chi connectivity index (χ2v) is 10.8. The molecule has 3 aromatic rings. The summed E-state index contributed by atoms with van der Waals surface area (Å²) in [6.07, 6.45) is 16.2. The number of esters is 1. The Hall–Kier alpha value is -3.02. The van der Waals surface area contributed by atoms with E-state index in [4.69, 9.17) is 9.84 Å². The third-order valence-corrected chi connectivity index (χ3v) is 7.36. The van der Waals surface area contributed by atoms with Crippen LogP contribution in [0, 0.1) is 5.82 Å². The van der Waals surface area contributed by atoms with Crippen LogP contribution in [0.1, 0.15) is 119 Å². The summed E-state index contributed by atoms with van der Waals surface area (Å²) in [6.45, 7) is 6.88. The van der Waals surface area contributed by atoms with Crippen LogP contribution in [0.4, 0.5) is 4.39 Å². The van der Waals surface area contributed by atoms with Gasteiger partial charge in [0, 0.05) is 12.7 Å². The predicted molar refractivity (Wildman–Crippen MR) is 174 cm³/mol. The maximum Gasteiger partial charge on any atom is 0.343 e. The zero-order chi connectivity index (χ0) is 29.7. The van der Waals surface area contributed by atoms with Crippen molar-refractivity contribution in [2.45, 2.75) is 111 Å². The van der Waals surface area contributed by atoms with Crippen LogP contribution >= 0.6 is 0 Å². The van der Waals surface area contributed by atoms with Gasteiger partial charge in [-0.3, -0.25) is 0 Å². The Morgan fingerprint density at radius 2 is 1.21 bits per heavy atom. The van der Waals surface area contributed by atoms with Crippen molar-refractivity contribution in [3.05, 3.63) is 89.2 Å². The Bertz CT molecular complexity index is 1110. The molecule has 42 heavy (non-hydrogen) atoms. The summed E-state index contributed by atoms with van der Waals surface area (Å²) >= 11 is 0. The summed E-state index contributed by atoms with van der Waals surface area (Å²) in [6, 6.07) is 20.5. The van der Waals surface area contributed by atoms with Gasteiger partial charge in [0.05, 0.1) is 5.56 Å². The van der Waals surface area contributed by atoms with Gasteiger partial charge in [-0.15, -0.1) is 0 Å². The molecule has 0 amide bonds. The first-order valence-electron chi connectivity index (χ1n) is 15.8. The minimum Gasteiger partial charge on any atom is -0.423 e. The topological polar surface area (TPSA) is 78.0 Å². The van der Waals surface area contributed by atoms with Crippen molar-refractivity contribution < 1.29 is 24.5 Å². The molecule has 232 valence electrons. The van der Waals surface area contributed by atoms with Crippen LogP contribution in [-0.2, 0) is 12.8 Å². The molecule has 0 saturated heterocycles. The van der Waals surface area contributed by atoms with E-state index in [0.29, 0.717) is 17.7 Å². The van der Waals surface area contributed by atoms with Gasteiger partial charge >= 0.3 is 5.97 Å². The molecule has 0 bridgehead atoms. The van der Waals surface area contributed by atoms with Crippen LogP contribution < -0.4 is 4.74 Å². The first kappa shape index (κ1) is 37.0. The largest absolute Gasteiger partial charge is 0.423 e. The van der Waals surface area contributed by atoms with E-state index >= 15 is 0 Å². The highest BCUT2D eigenvalue weighted by Crippen LogP contribution is 2.23. The molecular weight excluding hydrogens is 527 g/mol. The number of ether oxygens (including phenoxy) is 1.